The highest BCUT2D eigenvalue weighted by Gasteiger charge is 2.13. The molecule has 74 valence electrons. The van der Waals surface area contributed by atoms with Crippen LogP contribution in [0.4, 0.5) is 0 Å². The Kier molecular flexibility index (Phi) is 5.19. The van der Waals surface area contributed by atoms with Crippen LogP contribution < -0.4 is 0 Å². The smallest absolute Gasteiger partial charge is 0.0376 e. The minimum atomic E-state index is 0.431. The van der Waals surface area contributed by atoms with Crippen molar-refractivity contribution in [1.82, 2.24) is 4.90 Å². The van der Waals surface area contributed by atoms with Crippen LogP contribution in [0.3, 0.4) is 0 Å². The maximum atomic E-state index is 5.76. The van der Waals surface area contributed by atoms with Gasteiger partial charge in [0.1, 0.15) is 0 Å². The Labute approximate surface area is 82.1 Å². The lowest BCUT2D eigenvalue weighted by molar-refractivity contribution is 0.229. The molecule has 1 unspecified atom stereocenters. The van der Waals surface area contributed by atoms with E-state index in [0.717, 1.165) is 12.4 Å². The fraction of sp³-hybridized carbons (Fsp3) is 1.00. The summed E-state index contributed by atoms with van der Waals surface area (Å²) in [7, 11) is 2.14. The van der Waals surface area contributed by atoms with Crippen molar-refractivity contribution < 1.29 is 0 Å². The highest BCUT2D eigenvalue weighted by atomic mass is 35.5. The van der Waals surface area contributed by atoms with Crippen molar-refractivity contribution in [3.63, 3.8) is 0 Å². The second-order valence-corrected chi connectivity index (χ2v) is 5.10. The van der Waals surface area contributed by atoms with Crippen LogP contribution in [0.5, 0.6) is 0 Å². The maximum Gasteiger partial charge on any atom is 0.0376 e. The Balaban J connectivity index is 3.64. The fourth-order valence-corrected chi connectivity index (χ4v) is 1.09. The monoisotopic (exact) mass is 191 g/mol. The van der Waals surface area contributed by atoms with Crippen LogP contribution >= 0.6 is 11.6 Å². The van der Waals surface area contributed by atoms with Crippen molar-refractivity contribution in [1.29, 1.82) is 0 Å². The van der Waals surface area contributed by atoms with Crippen LogP contribution in [0.25, 0.3) is 0 Å². The summed E-state index contributed by atoms with van der Waals surface area (Å²) in [6.07, 6.45) is 1.23. The molecule has 0 rings (SSSR count). The number of halogens is 1. The Bertz CT molecular complexity index is 117. The molecular weight excluding hydrogens is 170 g/mol. The summed E-state index contributed by atoms with van der Waals surface area (Å²) >= 11 is 5.76. The lowest BCUT2D eigenvalue weighted by atomic mass is 9.92. The van der Waals surface area contributed by atoms with Gasteiger partial charge in [-0.2, -0.15) is 0 Å². The predicted octanol–water partition coefficient (Wildman–Crippen LogP) is 2.98. The average Bonchev–Trinajstić information content (AvgIpc) is 1.97. The molecule has 0 aromatic carbocycles. The third kappa shape index (κ3) is 5.84. The number of rotatable bonds is 4. The van der Waals surface area contributed by atoms with E-state index >= 15 is 0 Å². The first-order chi connectivity index (χ1) is 5.37. The lowest BCUT2D eigenvalue weighted by Gasteiger charge is -2.27. The first-order valence-corrected chi connectivity index (χ1v) is 5.16. The largest absolute Gasteiger partial charge is 0.302 e. The van der Waals surface area contributed by atoms with Gasteiger partial charge in [-0.3, -0.25) is 0 Å². The summed E-state index contributed by atoms with van der Waals surface area (Å²) in [4.78, 5) is 2.32. The number of hydrogen-bond acceptors (Lipinski definition) is 1. The highest BCUT2D eigenvalue weighted by molar-refractivity contribution is 6.18. The maximum absolute atomic E-state index is 5.76. The molecule has 0 aromatic heterocycles. The van der Waals surface area contributed by atoms with E-state index in [2.05, 4.69) is 39.6 Å². The Hall–Kier alpha value is 0.250. The van der Waals surface area contributed by atoms with Crippen molar-refractivity contribution in [2.75, 3.05) is 19.5 Å². The summed E-state index contributed by atoms with van der Waals surface area (Å²) in [5.74, 6) is 0.723. The van der Waals surface area contributed by atoms with Crippen molar-refractivity contribution in [2.45, 2.75) is 40.2 Å². The molecular formula is C10H22ClN. The van der Waals surface area contributed by atoms with Gasteiger partial charge in [-0.25, -0.2) is 0 Å². The van der Waals surface area contributed by atoms with E-state index in [1.807, 2.05) is 0 Å². The SMILES string of the molecule is CC(CCl)N(C)CCC(C)(C)C. The minimum Gasteiger partial charge on any atom is -0.302 e. The quantitative estimate of drug-likeness (QED) is 0.618. The second-order valence-electron chi connectivity index (χ2n) is 4.79. The molecule has 0 amide bonds. The first-order valence-electron chi connectivity index (χ1n) is 4.63. The highest BCUT2D eigenvalue weighted by Crippen LogP contribution is 2.18. The van der Waals surface area contributed by atoms with Gasteiger partial charge < -0.3 is 4.90 Å². The molecule has 0 aliphatic heterocycles. The van der Waals surface area contributed by atoms with Crippen LogP contribution in [0.15, 0.2) is 0 Å². The number of alkyl halides is 1. The van der Waals surface area contributed by atoms with Crippen molar-refractivity contribution in [3.8, 4) is 0 Å². The van der Waals surface area contributed by atoms with Gasteiger partial charge in [0.25, 0.3) is 0 Å². The van der Waals surface area contributed by atoms with E-state index in [1.165, 1.54) is 6.42 Å². The summed E-state index contributed by atoms with van der Waals surface area (Å²) in [6, 6.07) is 0.494. The lowest BCUT2D eigenvalue weighted by Crippen LogP contribution is -2.33. The van der Waals surface area contributed by atoms with Gasteiger partial charge in [0, 0.05) is 11.9 Å². The topological polar surface area (TPSA) is 3.24 Å². The van der Waals surface area contributed by atoms with E-state index in [4.69, 9.17) is 11.6 Å². The zero-order valence-electron chi connectivity index (χ0n) is 9.02. The molecule has 0 spiro atoms. The van der Waals surface area contributed by atoms with Crippen molar-refractivity contribution >= 4 is 11.6 Å². The fourth-order valence-electron chi connectivity index (χ4n) is 0.850. The van der Waals surface area contributed by atoms with Gasteiger partial charge in [0.2, 0.25) is 0 Å². The predicted molar refractivity (Wildman–Crippen MR) is 56.9 cm³/mol. The number of nitrogens with zero attached hydrogens (tertiary/aromatic N) is 1. The minimum absolute atomic E-state index is 0.431. The zero-order valence-corrected chi connectivity index (χ0v) is 9.78. The Morgan fingerprint density at radius 2 is 1.83 bits per heavy atom. The van der Waals surface area contributed by atoms with Crippen molar-refractivity contribution in [2.24, 2.45) is 5.41 Å². The molecule has 0 saturated heterocycles. The molecule has 0 heterocycles. The standard InChI is InChI=1S/C10H22ClN/c1-9(8-11)12(5)7-6-10(2,3)4/h9H,6-8H2,1-5H3. The molecule has 0 aliphatic rings. The molecule has 0 saturated carbocycles. The molecule has 0 radical (unpaired) electrons. The molecule has 1 atom stereocenters. The van der Waals surface area contributed by atoms with Gasteiger partial charge in [-0.15, -0.1) is 11.6 Å². The van der Waals surface area contributed by atoms with E-state index in [9.17, 15) is 0 Å². The molecule has 0 aliphatic carbocycles. The van der Waals surface area contributed by atoms with E-state index < -0.39 is 0 Å². The van der Waals surface area contributed by atoms with Crippen LogP contribution in [0.1, 0.15) is 34.1 Å². The Morgan fingerprint density at radius 1 is 1.33 bits per heavy atom. The van der Waals surface area contributed by atoms with Crippen LogP contribution in [-0.4, -0.2) is 30.4 Å². The van der Waals surface area contributed by atoms with Crippen LogP contribution in [-0.2, 0) is 0 Å². The third-order valence-electron chi connectivity index (χ3n) is 2.19. The summed E-state index contributed by atoms with van der Waals surface area (Å²) in [5, 5.41) is 0. The van der Waals surface area contributed by atoms with Crippen LogP contribution in [0, 0.1) is 5.41 Å². The molecule has 0 aromatic rings. The average molecular weight is 192 g/mol. The third-order valence-corrected chi connectivity index (χ3v) is 2.64. The Morgan fingerprint density at radius 3 is 2.17 bits per heavy atom. The second kappa shape index (κ2) is 5.08. The molecule has 1 nitrogen and oxygen atoms in total. The normalized spacial score (nSPS) is 15.2. The molecule has 2 heteroatoms. The van der Waals surface area contributed by atoms with Gasteiger partial charge >= 0.3 is 0 Å². The molecule has 0 N–H and O–H groups in total. The summed E-state index contributed by atoms with van der Waals surface area (Å²) in [5.41, 5.74) is 0.431. The molecule has 12 heavy (non-hydrogen) atoms. The van der Waals surface area contributed by atoms with E-state index in [1.54, 1.807) is 0 Å². The molecule has 0 fully saturated rings. The van der Waals surface area contributed by atoms with Gasteiger partial charge in [-0.1, -0.05) is 20.8 Å². The first kappa shape index (κ1) is 12.2. The number of hydrogen-bond donors (Lipinski definition) is 0. The summed E-state index contributed by atoms with van der Waals surface area (Å²) in [6.45, 7) is 10.1. The van der Waals surface area contributed by atoms with Gasteiger partial charge in [0.15, 0.2) is 0 Å². The molecule has 0 bridgehead atoms. The van der Waals surface area contributed by atoms with E-state index in [0.29, 0.717) is 11.5 Å². The summed E-state index contributed by atoms with van der Waals surface area (Å²) < 4.78 is 0. The van der Waals surface area contributed by atoms with E-state index in [-0.39, 0.29) is 0 Å². The zero-order chi connectivity index (χ0) is 9.78. The van der Waals surface area contributed by atoms with Crippen molar-refractivity contribution in [3.05, 3.63) is 0 Å². The van der Waals surface area contributed by atoms with Gasteiger partial charge in [0.05, 0.1) is 0 Å². The van der Waals surface area contributed by atoms with Crippen LogP contribution in [0.2, 0.25) is 0 Å². The van der Waals surface area contributed by atoms with Gasteiger partial charge in [-0.05, 0) is 32.4 Å².